The molecule has 8 nitrogen and oxygen atoms in total. The van der Waals surface area contributed by atoms with Crippen molar-refractivity contribution in [2.75, 3.05) is 0 Å². The van der Waals surface area contributed by atoms with Gasteiger partial charge in [-0.15, -0.1) is 0 Å². The summed E-state index contributed by atoms with van der Waals surface area (Å²) in [5.74, 6) is -1.52. The summed E-state index contributed by atoms with van der Waals surface area (Å²) in [6.07, 6.45) is 0. The number of benzene rings is 2. The topological polar surface area (TPSA) is 144 Å². The Balaban J connectivity index is 2.09. The fourth-order valence-corrected chi connectivity index (χ4v) is 3.76. The molecule has 0 spiro atoms. The van der Waals surface area contributed by atoms with Crippen LogP contribution >= 0.6 is 0 Å². The van der Waals surface area contributed by atoms with E-state index >= 15 is 0 Å². The van der Waals surface area contributed by atoms with Gasteiger partial charge in [0.05, 0.1) is 16.2 Å². The predicted molar refractivity (Wildman–Crippen MR) is 90.7 cm³/mol. The quantitative estimate of drug-likeness (QED) is 0.639. The van der Waals surface area contributed by atoms with Gasteiger partial charge in [-0.1, -0.05) is 30.3 Å². The molecule has 0 aliphatic carbocycles. The number of primary sulfonamides is 1. The lowest BCUT2D eigenvalue weighted by Crippen LogP contribution is -2.23. The highest BCUT2D eigenvalue weighted by Gasteiger charge is 2.16. The Morgan fingerprint density at radius 3 is 2.16 bits per heavy atom. The van der Waals surface area contributed by atoms with Crippen LogP contribution in [0.25, 0.3) is 0 Å². The highest BCUT2D eigenvalue weighted by Crippen LogP contribution is 2.13. The summed E-state index contributed by atoms with van der Waals surface area (Å²) < 4.78 is 48.9. The van der Waals surface area contributed by atoms with E-state index in [1.54, 1.807) is 24.3 Å². The summed E-state index contributed by atoms with van der Waals surface area (Å²) in [4.78, 5) is 10.8. The van der Waals surface area contributed by atoms with Crippen LogP contribution in [-0.4, -0.2) is 27.9 Å². The molecule has 2 aromatic carbocycles. The second-order valence-corrected chi connectivity index (χ2v) is 8.66. The van der Waals surface area contributed by atoms with E-state index in [0.717, 1.165) is 6.07 Å². The van der Waals surface area contributed by atoms with E-state index in [1.807, 2.05) is 0 Å². The first-order valence-electron chi connectivity index (χ1n) is 6.98. The van der Waals surface area contributed by atoms with Gasteiger partial charge in [0, 0.05) is 6.54 Å². The lowest BCUT2D eigenvalue weighted by molar-refractivity contribution is 0.0696. The molecular weight excluding hydrogens is 368 g/mol. The van der Waals surface area contributed by atoms with Crippen LogP contribution in [0.3, 0.4) is 0 Å². The summed E-state index contributed by atoms with van der Waals surface area (Å²) in [7, 11) is -7.51. The van der Waals surface area contributed by atoms with E-state index in [1.165, 1.54) is 18.2 Å². The molecule has 2 rings (SSSR count). The number of carboxylic acids is 1. The number of sulfonamides is 2. The van der Waals surface area contributed by atoms with E-state index in [2.05, 4.69) is 4.72 Å². The van der Waals surface area contributed by atoms with E-state index in [0.29, 0.717) is 11.1 Å². The van der Waals surface area contributed by atoms with Gasteiger partial charge >= 0.3 is 5.97 Å². The Morgan fingerprint density at radius 1 is 1.00 bits per heavy atom. The first kappa shape index (κ1) is 19.1. The number of hydrogen-bond donors (Lipinski definition) is 3. The molecule has 0 radical (unpaired) electrons. The molecule has 0 bridgehead atoms. The minimum absolute atomic E-state index is 0.0325. The van der Waals surface area contributed by atoms with Crippen LogP contribution in [0.5, 0.6) is 0 Å². The molecule has 0 unspecified atom stereocenters. The average molecular weight is 384 g/mol. The van der Waals surface area contributed by atoms with Crippen molar-refractivity contribution in [2.24, 2.45) is 5.14 Å². The number of nitrogens with two attached hydrogens (primary N) is 1. The summed E-state index contributed by atoms with van der Waals surface area (Å²) in [6, 6.07) is 11.3. The predicted octanol–water partition coefficient (Wildman–Crippen LogP) is 0.652. The molecule has 0 saturated carbocycles. The van der Waals surface area contributed by atoms with E-state index in [-0.39, 0.29) is 22.8 Å². The molecule has 0 heterocycles. The number of aromatic carboxylic acids is 1. The molecule has 0 amide bonds. The summed E-state index contributed by atoms with van der Waals surface area (Å²) in [6.45, 7) is -0.0325. The van der Waals surface area contributed by atoms with Gasteiger partial charge in [0.1, 0.15) is 0 Å². The van der Waals surface area contributed by atoms with Crippen LogP contribution in [0.4, 0.5) is 0 Å². The molecule has 4 N–H and O–H groups in total. The zero-order valence-corrected chi connectivity index (χ0v) is 14.5. The molecule has 134 valence electrons. The fourth-order valence-electron chi connectivity index (χ4n) is 2.04. The third kappa shape index (κ3) is 5.64. The van der Waals surface area contributed by atoms with Gasteiger partial charge in [0.15, 0.2) is 0 Å². The normalized spacial score (nSPS) is 12.0. The standard InChI is InChI=1S/C15H16N2O6S2/c16-24(20,21)10-12-6-4-11(5-7-12)9-17-25(22,23)14-3-1-2-13(8-14)15(18)19/h1-8,17H,9-10H2,(H,18,19)(H2,16,20,21). The molecular formula is C15H16N2O6S2. The van der Waals surface area contributed by atoms with Gasteiger partial charge < -0.3 is 5.11 Å². The van der Waals surface area contributed by atoms with Crippen molar-refractivity contribution in [3.63, 3.8) is 0 Å². The van der Waals surface area contributed by atoms with Crippen LogP contribution in [0, 0.1) is 0 Å². The number of rotatable bonds is 7. The van der Waals surface area contributed by atoms with Gasteiger partial charge in [-0.05, 0) is 29.3 Å². The number of carbonyl (C=O) groups is 1. The maximum absolute atomic E-state index is 12.2. The number of nitrogens with one attached hydrogen (secondary N) is 1. The van der Waals surface area contributed by atoms with E-state index < -0.39 is 26.0 Å². The molecule has 25 heavy (non-hydrogen) atoms. The van der Waals surface area contributed by atoms with Crippen molar-refractivity contribution in [3.05, 3.63) is 65.2 Å². The van der Waals surface area contributed by atoms with Gasteiger partial charge in [-0.25, -0.2) is 31.5 Å². The Morgan fingerprint density at radius 2 is 1.60 bits per heavy atom. The Labute approximate surface area is 145 Å². The number of carboxylic acid groups (broad SMARTS) is 1. The molecule has 10 heteroatoms. The summed E-state index contributed by atoms with van der Waals surface area (Å²) in [5, 5.41) is 13.9. The Hall–Kier alpha value is -2.27. The van der Waals surface area contributed by atoms with Crippen LogP contribution in [0.1, 0.15) is 21.5 Å². The minimum atomic E-state index is -3.88. The van der Waals surface area contributed by atoms with Crippen molar-refractivity contribution in [1.29, 1.82) is 0 Å². The molecule has 0 fully saturated rings. The first-order valence-corrected chi connectivity index (χ1v) is 10.2. The van der Waals surface area contributed by atoms with Crippen LogP contribution in [0.2, 0.25) is 0 Å². The molecule has 0 atom stereocenters. The monoisotopic (exact) mass is 384 g/mol. The van der Waals surface area contributed by atoms with Crippen molar-refractivity contribution in [2.45, 2.75) is 17.2 Å². The lowest BCUT2D eigenvalue weighted by Gasteiger charge is -2.08. The van der Waals surface area contributed by atoms with Crippen molar-refractivity contribution < 1.29 is 26.7 Å². The molecule has 0 saturated heterocycles. The molecule has 2 aromatic rings. The molecule has 0 aromatic heterocycles. The third-order valence-corrected chi connectivity index (χ3v) is 5.38. The maximum atomic E-state index is 12.2. The highest BCUT2D eigenvalue weighted by molar-refractivity contribution is 7.89. The summed E-state index contributed by atoms with van der Waals surface area (Å²) in [5.41, 5.74) is 0.967. The smallest absolute Gasteiger partial charge is 0.335 e. The SMILES string of the molecule is NS(=O)(=O)Cc1ccc(CNS(=O)(=O)c2cccc(C(=O)O)c2)cc1. The van der Waals surface area contributed by atoms with Crippen molar-refractivity contribution in [1.82, 2.24) is 4.72 Å². The van der Waals surface area contributed by atoms with Crippen LogP contribution in [0.15, 0.2) is 53.4 Å². The lowest BCUT2D eigenvalue weighted by atomic mass is 10.1. The van der Waals surface area contributed by atoms with Crippen molar-refractivity contribution >= 4 is 26.0 Å². The van der Waals surface area contributed by atoms with E-state index in [4.69, 9.17) is 10.2 Å². The zero-order chi connectivity index (χ0) is 18.7. The van der Waals surface area contributed by atoms with Gasteiger partial charge in [0.2, 0.25) is 20.0 Å². The second-order valence-electron chi connectivity index (χ2n) is 5.28. The zero-order valence-electron chi connectivity index (χ0n) is 12.9. The van der Waals surface area contributed by atoms with Crippen LogP contribution < -0.4 is 9.86 Å². The van der Waals surface area contributed by atoms with Gasteiger partial charge in [-0.3, -0.25) is 0 Å². The minimum Gasteiger partial charge on any atom is -0.478 e. The highest BCUT2D eigenvalue weighted by atomic mass is 32.2. The maximum Gasteiger partial charge on any atom is 0.335 e. The van der Waals surface area contributed by atoms with Crippen molar-refractivity contribution in [3.8, 4) is 0 Å². The first-order chi connectivity index (χ1) is 11.6. The molecule has 0 aliphatic rings. The van der Waals surface area contributed by atoms with Gasteiger partial charge in [0.25, 0.3) is 0 Å². The molecule has 0 aliphatic heterocycles. The third-order valence-electron chi connectivity index (χ3n) is 3.25. The Bertz CT molecular complexity index is 983. The summed E-state index contributed by atoms with van der Waals surface area (Å²) >= 11 is 0. The number of hydrogen-bond acceptors (Lipinski definition) is 5. The van der Waals surface area contributed by atoms with Gasteiger partial charge in [-0.2, -0.15) is 0 Å². The fraction of sp³-hybridized carbons (Fsp3) is 0.133. The largest absolute Gasteiger partial charge is 0.478 e. The van der Waals surface area contributed by atoms with E-state index in [9.17, 15) is 21.6 Å². The van der Waals surface area contributed by atoms with Crippen LogP contribution in [-0.2, 0) is 32.3 Å². The average Bonchev–Trinajstić information content (AvgIpc) is 2.53. The second kappa shape index (κ2) is 7.31. The Kier molecular flexibility index (Phi) is 5.58.